The third-order valence-electron chi connectivity index (χ3n) is 3.44. The van der Waals surface area contributed by atoms with Gasteiger partial charge in [-0.25, -0.2) is 14.2 Å². The minimum absolute atomic E-state index is 0.117. The second-order valence-corrected chi connectivity index (χ2v) is 6.37. The minimum atomic E-state index is -3.99. The van der Waals surface area contributed by atoms with Gasteiger partial charge in [0.25, 0.3) is 0 Å². The first kappa shape index (κ1) is 17.9. The number of para-hydroxylation sites is 1. The first-order valence-corrected chi connectivity index (χ1v) is 7.31. The van der Waals surface area contributed by atoms with Gasteiger partial charge in [0.15, 0.2) is 0 Å². The molecule has 5 nitrogen and oxygen atoms in total. The molecule has 0 fully saturated rings. The number of fused-ring (bicyclic) bond motifs is 1. The van der Waals surface area contributed by atoms with Gasteiger partial charge in [-0.2, -0.15) is 8.78 Å². The molecule has 24 heavy (non-hydrogen) atoms. The number of carbonyl (C=O) groups excluding carboxylic acids is 2. The molecule has 130 valence electrons. The Bertz CT molecular complexity index is 803. The lowest BCUT2D eigenvalue weighted by molar-refractivity contribution is -0.171. The molecule has 0 amide bonds. The van der Waals surface area contributed by atoms with Gasteiger partial charge in [-0.05, 0) is 39.3 Å². The average molecular weight is 339 g/mol. The number of ether oxygens (including phenoxy) is 2. The summed E-state index contributed by atoms with van der Waals surface area (Å²) in [5.41, 5.74) is -1.27. The Morgan fingerprint density at radius 3 is 2.25 bits per heavy atom. The Morgan fingerprint density at radius 2 is 1.71 bits per heavy atom. The number of carbonyl (C=O) groups is 2. The quantitative estimate of drug-likeness (QED) is 0.776. The molecular formula is C17H19F2NO4. The Labute approximate surface area is 138 Å². The van der Waals surface area contributed by atoms with Gasteiger partial charge in [0, 0.05) is 5.39 Å². The van der Waals surface area contributed by atoms with Crippen LogP contribution in [0.15, 0.2) is 24.3 Å². The predicted octanol–water partition coefficient (Wildman–Crippen LogP) is 4.00. The van der Waals surface area contributed by atoms with Crippen LogP contribution in [0.4, 0.5) is 13.6 Å². The summed E-state index contributed by atoms with van der Waals surface area (Å²) in [6.07, 6.45) is -0.981. The Kier molecular flexibility index (Phi) is 4.39. The van der Waals surface area contributed by atoms with E-state index in [-0.39, 0.29) is 11.1 Å². The van der Waals surface area contributed by atoms with Crippen molar-refractivity contribution >= 4 is 23.0 Å². The first-order valence-electron chi connectivity index (χ1n) is 7.31. The van der Waals surface area contributed by atoms with Crippen molar-refractivity contribution in [3.05, 3.63) is 35.5 Å². The maximum absolute atomic E-state index is 14.6. The highest BCUT2D eigenvalue weighted by atomic mass is 19.3. The van der Waals surface area contributed by atoms with Crippen molar-refractivity contribution in [1.82, 2.24) is 4.57 Å². The fourth-order valence-electron chi connectivity index (χ4n) is 2.50. The molecule has 0 saturated heterocycles. The second kappa shape index (κ2) is 5.89. The summed E-state index contributed by atoms with van der Waals surface area (Å²) in [5.74, 6) is -5.73. The van der Waals surface area contributed by atoms with Gasteiger partial charge < -0.3 is 9.47 Å². The number of benzene rings is 1. The molecule has 7 heteroatoms. The molecule has 0 spiro atoms. The van der Waals surface area contributed by atoms with Crippen LogP contribution in [0, 0.1) is 6.92 Å². The average Bonchev–Trinajstić information content (AvgIpc) is 2.79. The molecule has 0 aliphatic heterocycles. The lowest BCUT2D eigenvalue weighted by atomic mass is 10.1. The number of methoxy groups -OCH3 is 1. The maximum atomic E-state index is 14.6. The summed E-state index contributed by atoms with van der Waals surface area (Å²) in [5, 5.41) is 0.432. The van der Waals surface area contributed by atoms with Crippen molar-refractivity contribution in [2.45, 2.75) is 39.2 Å². The summed E-state index contributed by atoms with van der Waals surface area (Å²) in [6, 6.07) is 6.39. The number of hydrogen-bond acceptors (Lipinski definition) is 4. The molecule has 0 aliphatic rings. The molecule has 0 aliphatic carbocycles. The van der Waals surface area contributed by atoms with Crippen LogP contribution >= 0.6 is 0 Å². The topological polar surface area (TPSA) is 57.5 Å². The fourth-order valence-corrected chi connectivity index (χ4v) is 2.50. The molecule has 1 aromatic carbocycles. The molecule has 1 aromatic heterocycles. The molecular weight excluding hydrogens is 320 g/mol. The third kappa shape index (κ3) is 2.98. The number of aromatic nitrogens is 1. The summed E-state index contributed by atoms with van der Waals surface area (Å²) in [6.45, 7) is 6.31. The van der Waals surface area contributed by atoms with Crippen LogP contribution in [-0.4, -0.2) is 29.3 Å². The van der Waals surface area contributed by atoms with Gasteiger partial charge in [-0.3, -0.25) is 0 Å². The number of hydrogen-bond donors (Lipinski definition) is 0. The molecule has 0 N–H and O–H groups in total. The van der Waals surface area contributed by atoms with E-state index in [1.807, 2.05) is 0 Å². The second-order valence-electron chi connectivity index (χ2n) is 6.37. The zero-order valence-electron chi connectivity index (χ0n) is 14.1. The molecule has 0 radical (unpaired) electrons. The molecule has 0 unspecified atom stereocenters. The van der Waals surface area contributed by atoms with Crippen LogP contribution in [0.1, 0.15) is 32.0 Å². The highest BCUT2D eigenvalue weighted by Gasteiger charge is 2.48. The van der Waals surface area contributed by atoms with Crippen LogP contribution in [0.25, 0.3) is 10.9 Å². The van der Waals surface area contributed by atoms with Crippen LogP contribution in [-0.2, 0) is 20.2 Å². The molecule has 0 bridgehead atoms. The number of nitrogens with zero attached hydrogens (tertiary/aromatic N) is 1. The summed E-state index contributed by atoms with van der Waals surface area (Å²) in [7, 11) is 0.867. The first-order chi connectivity index (χ1) is 11.0. The van der Waals surface area contributed by atoms with E-state index in [4.69, 9.17) is 4.74 Å². The van der Waals surface area contributed by atoms with Crippen molar-refractivity contribution in [3.8, 4) is 0 Å². The van der Waals surface area contributed by atoms with E-state index in [9.17, 15) is 18.4 Å². The zero-order chi connectivity index (χ0) is 18.3. The monoisotopic (exact) mass is 339 g/mol. The molecule has 2 rings (SSSR count). The lowest BCUT2D eigenvalue weighted by Gasteiger charge is -2.22. The number of esters is 1. The minimum Gasteiger partial charge on any atom is -0.464 e. The molecule has 1 heterocycles. The number of alkyl halides is 2. The van der Waals surface area contributed by atoms with Gasteiger partial charge in [-0.1, -0.05) is 18.2 Å². The largest absolute Gasteiger partial charge is 0.464 e. The van der Waals surface area contributed by atoms with Gasteiger partial charge in [0.05, 0.1) is 12.6 Å². The van der Waals surface area contributed by atoms with Crippen LogP contribution in [0.2, 0.25) is 0 Å². The van der Waals surface area contributed by atoms with E-state index in [1.54, 1.807) is 39.0 Å². The predicted molar refractivity (Wildman–Crippen MR) is 84.2 cm³/mol. The van der Waals surface area contributed by atoms with E-state index in [0.717, 1.165) is 11.7 Å². The zero-order valence-corrected chi connectivity index (χ0v) is 14.1. The van der Waals surface area contributed by atoms with Gasteiger partial charge >= 0.3 is 18.0 Å². The fraction of sp³-hybridized carbons (Fsp3) is 0.412. The normalized spacial score (nSPS) is 12.3. The Morgan fingerprint density at radius 1 is 1.12 bits per heavy atom. The number of rotatable bonds is 2. The van der Waals surface area contributed by atoms with E-state index < -0.39 is 29.3 Å². The van der Waals surface area contributed by atoms with Crippen molar-refractivity contribution in [1.29, 1.82) is 0 Å². The van der Waals surface area contributed by atoms with E-state index in [2.05, 4.69) is 4.74 Å². The molecule has 2 aromatic rings. The Balaban J connectivity index is 2.79. The van der Waals surface area contributed by atoms with E-state index >= 15 is 0 Å². The van der Waals surface area contributed by atoms with Crippen molar-refractivity contribution in [2.75, 3.05) is 7.11 Å². The highest BCUT2D eigenvalue weighted by molar-refractivity contribution is 5.96. The molecule has 0 atom stereocenters. The van der Waals surface area contributed by atoms with E-state index in [1.165, 1.54) is 13.0 Å². The SMILES string of the molecule is COC(=O)C(F)(F)c1c(C)c2ccccc2n1C(=O)OC(C)(C)C. The van der Waals surface area contributed by atoms with Gasteiger partial charge in [0.1, 0.15) is 11.3 Å². The lowest BCUT2D eigenvalue weighted by Crippen LogP contribution is -2.35. The van der Waals surface area contributed by atoms with Crippen LogP contribution in [0.5, 0.6) is 0 Å². The van der Waals surface area contributed by atoms with Crippen molar-refractivity contribution in [3.63, 3.8) is 0 Å². The summed E-state index contributed by atoms with van der Waals surface area (Å²) >= 11 is 0. The van der Waals surface area contributed by atoms with Crippen LogP contribution in [0.3, 0.4) is 0 Å². The van der Waals surface area contributed by atoms with Crippen molar-refractivity contribution < 1.29 is 27.8 Å². The highest BCUT2D eigenvalue weighted by Crippen LogP contribution is 2.38. The van der Waals surface area contributed by atoms with Gasteiger partial charge in [0.2, 0.25) is 0 Å². The standard InChI is InChI=1S/C17H19F2NO4/c1-10-11-8-6-7-9-12(11)20(15(22)24-16(2,3)4)13(10)17(18,19)14(21)23-5/h6-9H,1-5H3. The summed E-state index contributed by atoms with van der Waals surface area (Å²) in [4.78, 5) is 24.1. The van der Waals surface area contributed by atoms with Crippen molar-refractivity contribution in [2.24, 2.45) is 0 Å². The number of aryl methyl sites for hydroxylation is 1. The smallest absolute Gasteiger partial charge is 0.419 e. The molecule has 0 saturated carbocycles. The van der Waals surface area contributed by atoms with E-state index in [0.29, 0.717) is 5.39 Å². The summed E-state index contributed by atoms with van der Waals surface area (Å²) < 4.78 is 39.4. The van der Waals surface area contributed by atoms with Crippen LogP contribution < -0.4 is 0 Å². The maximum Gasteiger partial charge on any atom is 0.419 e. The van der Waals surface area contributed by atoms with Gasteiger partial charge in [-0.15, -0.1) is 0 Å². The number of halogens is 2. The Hall–Kier alpha value is -2.44. The third-order valence-corrected chi connectivity index (χ3v) is 3.44.